The van der Waals surface area contributed by atoms with E-state index in [9.17, 15) is 19.2 Å². The van der Waals surface area contributed by atoms with Crippen molar-refractivity contribution in [1.82, 2.24) is 4.98 Å². The number of carbonyl (C=O) groups is 4. The summed E-state index contributed by atoms with van der Waals surface area (Å²) >= 11 is 0. The van der Waals surface area contributed by atoms with Gasteiger partial charge in [0, 0.05) is 36.1 Å². The lowest BCUT2D eigenvalue weighted by atomic mass is 10.1. The molecule has 0 atom stereocenters. The molecular weight excluding hydrogens is 610 g/mol. The third-order valence-corrected chi connectivity index (χ3v) is 7.05. The Morgan fingerprint density at radius 1 is 0.458 bits per heavy atom. The van der Waals surface area contributed by atoms with Gasteiger partial charge in [-0.3, -0.25) is 9.59 Å². The minimum absolute atomic E-state index is 0.0489. The lowest BCUT2D eigenvalue weighted by molar-refractivity contribution is 0.0725. The van der Waals surface area contributed by atoms with Crippen molar-refractivity contribution in [1.29, 1.82) is 0 Å². The third kappa shape index (κ3) is 9.01. The molecule has 0 aliphatic rings. The number of benzene rings is 4. The molecule has 0 bridgehead atoms. The predicted octanol–water partition coefficient (Wildman–Crippen LogP) is 9.07. The number of pyridine rings is 1. The van der Waals surface area contributed by atoms with Crippen LogP contribution in [0.2, 0.25) is 0 Å². The Morgan fingerprint density at radius 3 is 1.15 bits per heavy atom. The van der Waals surface area contributed by atoms with Gasteiger partial charge in [0.25, 0.3) is 0 Å². The molecule has 4 aromatic carbocycles. The second-order valence-electron chi connectivity index (χ2n) is 10.7. The van der Waals surface area contributed by atoms with Crippen LogP contribution in [0.25, 0.3) is 0 Å². The van der Waals surface area contributed by atoms with Gasteiger partial charge in [0.2, 0.25) is 11.8 Å². The van der Waals surface area contributed by atoms with E-state index in [1.165, 1.54) is 0 Å². The average Bonchev–Trinajstić information content (AvgIpc) is 3.10. The first kappa shape index (κ1) is 33.3. The Balaban J connectivity index is 1.13. The van der Waals surface area contributed by atoms with E-state index in [2.05, 4.69) is 4.98 Å². The molecule has 242 valence electrons. The molecule has 0 saturated carbocycles. The van der Waals surface area contributed by atoms with Crippen molar-refractivity contribution in [2.45, 2.75) is 39.5 Å². The van der Waals surface area contributed by atoms with E-state index >= 15 is 0 Å². The van der Waals surface area contributed by atoms with Gasteiger partial charge in [0.05, 0.1) is 11.1 Å². The van der Waals surface area contributed by atoms with Crippen LogP contribution >= 0.6 is 0 Å². The molecule has 0 radical (unpaired) electrons. The van der Waals surface area contributed by atoms with Gasteiger partial charge >= 0.3 is 11.9 Å². The Hall–Kier alpha value is -6.09. The highest BCUT2D eigenvalue weighted by Gasteiger charge is 2.13. The summed E-state index contributed by atoms with van der Waals surface area (Å²) in [5.41, 5.74) is 1.81. The van der Waals surface area contributed by atoms with Gasteiger partial charge in [-0.1, -0.05) is 19.9 Å². The highest BCUT2D eigenvalue weighted by molar-refractivity contribution is 5.97. The van der Waals surface area contributed by atoms with Crippen molar-refractivity contribution in [3.63, 3.8) is 0 Å². The molecule has 9 heteroatoms. The number of rotatable bonds is 14. The second-order valence-corrected chi connectivity index (χ2v) is 10.7. The molecule has 0 N–H and O–H groups in total. The molecule has 1 heterocycles. The minimum Gasteiger partial charge on any atom is -0.439 e. The van der Waals surface area contributed by atoms with E-state index in [-0.39, 0.29) is 23.3 Å². The fraction of sp³-hybridized carbons (Fsp3) is 0.154. The normalized spacial score (nSPS) is 10.5. The molecule has 5 aromatic rings. The first-order valence-corrected chi connectivity index (χ1v) is 15.5. The Morgan fingerprint density at radius 2 is 0.792 bits per heavy atom. The second kappa shape index (κ2) is 16.0. The molecule has 0 fully saturated rings. The molecule has 9 nitrogen and oxygen atoms in total. The molecule has 0 saturated heterocycles. The summed E-state index contributed by atoms with van der Waals surface area (Å²) in [4.78, 5) is 53.7. The SMILES string of the molecule is CCCC(=O)c1ccc(OC(=O)c2ccc(Oc3cccc(Oc4ccc(C(=O)Oc5ccc(C(=O)CCC)cc5)cc4)n3)cc2)cc1. The highest BCUT2D eigenvalue weighted by Crippen LogP contribution is 2.26. The van der Waals surface area contributed by atoms with Gasteiger partial charge in [-0.05, 0) is 110 Å². The van der Waals surface area contributed by atoms with Crippen LogP contribution in [0.3, 0.4) is 0 Å². The number of hydrogen-bond acceptors (Lipinski definition) is 9. The van der Waals surface area contributed by atoms with E-state index in [4.69, 9.17) is 18.9 Å². The Bertz CT molecular complexity index is 1750. The quantitative estimate of drug-likeness (QED) is 0.0663. The molecule has 1 aromatic heterocycles. The number of nitrogens with zero attached hydrogens (tertiary/aromatic N) is 1. The van der Waals surface area contributed by atoms with Crippen LogP contribution in [0.15, 0.2) is 115 Å². The summed E-state index contributed by atoms with van der Waals surface area (Å²) in [6, 6.07) is 30.8. The van der Waals surface area contributed by atoms with Crippen molar-refractivity contribution in [3.05, 3.63) is 138 Å². The molecule has 0 spiro atoms. The van der Waals surface area contributed by atoms with Crippen molar-refractivity contribution < 1.29 is 38.1 Å². The zero-order valence-electron chi connectivity index (χ0n) is 26.5. The molecule has 5 rings (SSSR count). The number of hydrogen-bond donors (Lipinski definition) is 0. The minimum atomic E-state index is -0.545. The van der Waals surface area contributed by atoms with E-state index < -0.39 is 11.9 Å². The maximum absolute atomic E-state index is 12.6. The van der Waals surface area contributed by atoms with Crippen LogP contribution in [0.1, 0.15) is 81.0 Å². The molecule has 0 aliphatic heterocycles. The molecule has 48 heavy (non-hydrogen) atoms. The molecular formula is C39H33NO8. The first-order valence-electron chi connectivity index (χ1n) is 15.5. The van der Waals surface area contributed by atoms with Crippen molar-refractivity contribution in [2.75, 3.05) is 0 Å². The number of aromatic nitrogens is 1. The number of esters is 2. The maximum atomic E-state index is 12.6. The fourth-order valence-electron chi connectivity index (χ4n) is 4.56. The largest absolute Gasteiger partial charge is 0.439 e. The number of Topliss-reactive ketones (excluding diaryl/α,β-unsaturated/α-hetero) is 2. The van der Waals surface area contributed by atoms with Crippen molar-refractivity contribution in [3.8, 4) is 34.8 Å². The summed E-state index contributed by atoms with van der Waals surface area (Å²) < 4.78 is 22.6. The standard InChI is InChI=1S/C39H33NO8/c1-3-6-34(41)26-10-18-32(19-11-26)47-38(43)28-14-22-30(23-15-28)45-36-8-5-9-37(40-36)46-31-24-16-29(17-25-31)39(44)48-33-20-12-27(13-21-33)35(42)7-4-2/h5,8-25H,3-4,6-7H2,1-2H3. The summed E-state index contributed by atoms with van der Waals surface area (Å²) in [5, 5.41) is 0. The smallest absolute Gasteiger partial charge is 0.343 e. The van der Waals surface area contributed by atoms with E-state index in [0.717, 1.165) is 12.8 Å². The van der Waals surface area contributed by atoms with Crippen LogP contribution in [-0.4, -0.2) is 28.5 Å². The van der Waals surface area contributed by atoms with Gasteiger partial charge in [0.15, 0.2) is 11.6 Å². The Kier molecular flexibility index (Phi) is 11.1. The molecule has 0 amide bonds. The number of ether oxygens (including phenoxy) is 4. The lowest BCUT2D eigenvalue weighted by Crippen LogP contribution is -2.08. The lowest BCUT2D eigenvalue weighted by Gasteiger charge is -2.09. The zero-order valence-corrected chi connectivity index (χ0v) is 26.5. The van der Waals surface area contributed by atoms with Crippen LogP contribution in [0.4, 0.5) is 0 Å². The molecule has 0 unspecified atom stereocenters. The van der Waals surface area contributed by atoms with Crippen molar-refractivity contribution in [2.24, 2.45) is 0 Å². The third-order valence-electron chi connectivity index (χ3n) is 7.05. The molecule has 0 aliphatic carbocycles. The topological polar surface area (TPSA) is 118 Å². The van der Waals surface area contributed by atoms with Gasteiger partial charge in [0.1, 0.15) is 23.0 Å². The number of ketones is 2. The van der Waals surface area contributed by atoms with Gasteiger partial charge in [-0.25, -0.2) is 9.59 Å². The average molecular weight is 644 g/mol. The van der Waals surface area contributed by atoms with Crippen LogP contribution in [0, 0.1) is 0 Å². The predicted molar refractivity (Wildman–Crippen MR) is 179 cm³/mol. The summed E-state index contributed by atoms with van der Waals surface area (Å²) in [6.45, 7) is 3.89. The number of carbonyl (C=O) groups excluding carboxylic acids is 4. The van der Waals surface area contributed by atoms with Crippen LogP contribution < -0.4 is 18.9 Å². The van der Waals surface area contributed by atoms with Gasteiger partial charge in [-0.15, -0.1) is 0 Å². The van der Waals surface area contributed by atoms with Gasteiger partial charge in [-0.2, -0.15) is 4.98 Å². The summed E-state index contributed by atoms with van der Waals surface area (Å²) in [5.74, 6) is 1.11. The maximum Gasteiger partial charge on any atom is 0.343 e. The summed E-state index contributed by atoms with van der Waals surface area (Å²) in [7, 11) is 0. The van der Waals surface area contributed by atoms with Crippen LogP contribution in [0.5, 0.6) is 34.8 Å². The van der Waals surface area contributed by atoms with E-state index in [1.807, 2.05) is 13.8 Å². The monoisotopic (exact) mass is 643 g/mol. The van der Waals surface area contributed by atoms with Crippen molar-refractivity contribution >= 4 is 23.5 Å². The van der Waals surface area contributed by atoms with E-state index in [0.29, 0.717) is 58.1 Å². The van der Waals surface area contributed by atoms with Gasteiger partial charge < -0.3 is 18.9 Å². The highest BCUT2D eigenvalue weighted by atomic mass is 16.5. The summed E-state index contributed by atoms with van der Waals surface area (Å²) in [6.07, 6.45) is 2.47. The zero-order chi connectivity index (χ0) is 33.9. The Labute approximate surface area is 278 Å². The first-order chi connectivity index (χ1) is 23.3. The van der Waals surface area contributed by atoms with E-state index in [1.54, 1.807) is 115 Å². The fourth-order valence-corrected chi connectivity index (χ4v) is 4.56. The van der Waals surface area contributed by atoms with Crippen LogP contribution in [-0.2, 0) is 0 Å².